The van der Waals surface area contributed by atoms with Gasteiger partial charge in [0, 0.05) is 7.05 Å². The third-order valence-corrected chi connectivity index (χ3v) is 3.29. The highest BCUT2D eigenvalue weighted by atomic mass is 16.4. The van der Waals surface area contributed by atoms with E-state index in [-0.39, 0.29) is 5.91 Å². The van der Waals surface area contributed by atoms with Crippen LogP contribution in [0.25, 0.3) is 5.69 Å². The summed E-state index contributed by atoms with van der Waals surface area (Å²) < 4.78 is 1.61. The van der Waals surface area contributed by atoms with E-state index < -0.39 is 12.0 Å². The first-order valence-electron chi connectivity index (χ1n) is 6.50. The van der Waals surface area contributed by atoms with Gasteiger partial charge < -0.3 is 10.0 Å². The molecule has 0 aliphatic carbocycles. The lowest BCUT2D eigenvalue weighted by Gasteiger charge is -2.24. The fourth-order valence-electron chi connectivity index (χ4n) is 2.15. The number of hydrogen-bond acceptors (Lipinski definition) is 4. The molecule has 1 aromatic heterocycles. The minimum Gasteiger partial charge on any atom is -0.480 e. The summed E-state index contributed by atoms with van der Waals surface area (Å²) in [6.45, 7) is 1.73. The number of carbonyl (C=O) groups excluding carboxylic acids is 1. The molecular weight excluding hydrogens is 272 g/mol. The van der Waals surface area contributed by atoms with Crippen molar-refractivity contribution in [2.24, 2.45) is 0 Å². The molecule has 1 amide bonds. The molecule has 1 N–H and O–H groups in total. The van der Waals surface area contributed by atoms with E-state index in [2.05, 4.69) is 10.2 Å². The Morgan fingerprint density at radius 2 is 1.90 bits per heavy atom. The van der Waals surface area contributed by atoms with Gasteiger partial charge in [-0.05, 0) is 18.6 Å². The van der Waals surface area contributed by atoms with Crippen molar-refractivity contribution in [2.75, 3.05) is 7.05 Å². The lowest BCUT2D eigenvalue weighted by atomic mass is 10.1. The molecule has 0 bridgehead atoms. The van der Waals surface area contributed by atoms with Crippen LogP contribution in [0.2, 0.25) is 0 Å². The van der Waals surface area contributed by atoms with Crippen LogP contribution in [0.1, 0.15) is 23.7 Å². The van der Waals surface area contributed by atoms with Crippen LogP contribution in [0.4, 0.5) is 0 Å². The lowest BCUT2D eigenvalue weighted by molar-refractivity contribution is -0.142. The normalized spacial score (nSPS) is 11.9. The maximum Gasteiger partial charge on any atom is 0.326 e. The summed E-state index contributed by atoms with van der Waals surface area (Å²) in [5.74, 6) is -1.37. The molecule has 0 spiro atoms. The summed E-state index contributed by atoms with van der Waals surface area (Å²) in [4.78, 5) is 25.0. The van der Waals surface area contributed by atoms with Crippen molar-refractivity contribution in [1.82, 2.24) is 19.7 Å². The Balaban J connectivity index is 2.38. The molecule has 0 saturated heterocycles. The Kier molecular flexibility index (Phi) is 4.32. The number of para-hydroxylation sites is 1. The van der Waals surface area contributed by atoms with Gasteiger partial charge in [0.05, 0.1) is 11.3 Å². The minimum atomic E-state index is -1.02. The second kappa shape index (κ2) is 6.17. The number of carboxylic acid groups (broad SMARTS) is 1. The number of amides is 1. The highest BCUT2D eigenvalue weighted by molar-refractivity contribution is 5.99. The zero-order valence-corrected chi connectivity index (χ0v) is 11.8. The monoisotopic (exact) mass is 288 g/mol. The van der Waals surface area contributed by atoms with Crippen LogP contribution in [0, 0.1) is 0 Å². The van der Waals surface area contributed by atoms with Gasteiger partial charge in [-0.1, -0.05) is 19.1 Å². The first-order chi connectivity index (χ1) is 10.1. The Hall–Kier alpha value is -2.70. The summed E-state index contributed by atoms with van der Waals surface area (Å²) in [5, 5.41) is 16.6. The summed E-state index contributed by atoms with van der Waals surface area (Å²) in [5.41, 5.74) is 1.01. The van der Waals surface area contributed by atoms with Crippen LogP contribution in [0.3, 0.4) is 0 Å². The number of carboxylic acids is 1. The first-order valence-corrected chi connectivity index (χ1v) is 6.50. The molecule has 21 heavy (non-hydrogen) atoms. The molecule has 1 atom stereocenters. The Morgan fingerprint density at radius 3 is 2.48 bits per heavy atom. The smallest absolute Gasteiger partial charge is 0.326 e. The minimum absolute atomic E-state index is 0.340. The van der Waals surface area contributed by atoms with Crippen LogP contribution in [-0.4, -0.2) is 49.7 Å². The molecule has 0 unspecified atom stereocenters. The topological polar surface area (TPSA) is 88.3 Å². The number of nitrogens with zero attached hydrogens (tertiary/aromatic N) is 4. The quantitative estimate of drug-likeness (QED) is 0.893. The van der Waals surface area contributed by atoms with Gasteiger partial charge in [-0.2, -0.15) is 0 Å². The van der Waals surface area contributed by atoms with E-state index in [1.165, 1.54) is 24.6 Å². The molecule has 0 saturated carbocycles. The number of benzene rings is 1. The van der Waals surface area contributed by atoms with Crippen LogP contribution >= 0.6 is 0 Å². The molecule has 0 aliphatic rings. The number of rotatable bonds is 5. The van der Waals surface area contributed by atoms with Crippen LogP contribution in [-0.2, 0) is 4.79 Å². The van der Waals surface area contributed by atoms with E-state index in [0.717, 1.165) is 0 Å². The highest BCUT2D eigenvalue weighted by Crippen LogP contribution is 2.17. The molecule has 0 fully saturated rings. The van der Waals surface area contributed by atoms with Crippen molar-refractivity contribution >= 4 is 11.9 Å². The Morgan fingerprint density at radius 1 is 1.29 bits per heavy atom. The molecule has 2 aromatic rings. The third kappa shape index (κ3) is 2.91. The fourth-order valence-corrected chi connectivity index (χ4v) is 2.15. The van der Waals surface area contributed by atoms with E-state index in [0.29, 0.717) is 17.7 Å². The molecule has 0 aliphatic heterocycles. The van der Waals surface area contributed by atoms with Gasteiger partial charge >= 0.3 is 5.97 Å². The molecule has 7 nitrogen and oxygen atoms in total. The summed E-state index contributed by atoms with van der Waals surface area (Å²) in [6.07, 6.45) is 3.31. The van der Waals surface area contributed by atoms with Crippen molar-refractivity contribution in [3.05, 3.63) is 42.5 Å². The van der Waals surface area contributed by atoms with Gasteiger partial charge in [0.2, 0.25) is 0 Å². The highest BCUT2D eigenvalue weighted by Gasteiger charge is 2.27. The number of hydrogen-bond donors (Lipinski definition) is 1. The SMILES string of the molecule is CC[C@H](C(=O)O)N(C)C(=O)c1ccccc1-n1cnnc1. The number of aliphatic carboxylic acids is 1. The van der Waals surface area contributed by atoms with E-state index in [9.17, 15) is 14.7 Å². The van der Waals surface area contributed by atoms with Crippen LogP contribution in [0.5, 0.6) is 0 Å². The number of likely N-dealkylation sites (N-methyl/N-ethyl adjacent to an activating group) is 1. The zero-order valence-electron chi connectivity index (χ0n) is 11.8. The predicted octanol–water partition coefficient (Wildman–Crippen LogP) is 1.20. The average molecular weight is 288 g/mol. The average Bonchev–Trinajstić information content (AvgIpc) is 3.00. The first kappa shape index (κ1) is 14.7. The number of carbonyl (C=O) groups is 2. The maximum absolute atomic E-state index is 12.6. The van der Waals surface area contributed by atoms with E-state index in [4.69, 9.17) is 0 Å². The largest absolute Gasteiger partial charge is 0.480 e. The van der Waals surface area contributed by atoms with Gasteiger partial charge in [-0.15, -0.1) is 10.2 Å². The van der Waals surface area contributed by atoms with Gasteiger partial charge in [0.15, 0.2) is 0 Å². The van der Waals surface area contributed by atoms with E-state index in [1.54, 1.807) is 35.8 Å². The van der Waals surface area contributed by atoms with Crippen molar-refractivity contribution in [1.29, 1.82) is 0 Å². The van der Waals surface area contributed by atoms with Crippen molar-refractivity contribution < 1.29 is 14.7 Å². The second-order valence-electron chi connectivity index (χ2n) is 4.56. The Labute approximate surface area is 121 Å². The summed E-state index contributed by atoms with van der Waals surface area (Å²) >= 11 is 0. The predicted molar refractivity (Wildman–Crippen MR) is 75.2 cm³/mol. The Bertz CT molecular complexity index is 639. The maximum atomic E-state index is 12.6. The summed E-state index contributed by atoms with van der Waals surface area (Å²) in [7, 11) is 1.49. The van der Waals surface area contributed by atoms with Gasteiger partial charge in [-0.25, -0.2) is 4.79 Å². The third-order valence-electron chi connectivity index (χ3n) is 3.29. The van der Waals surface area contributed by atoms with Gasteiger partial charge in [0.25, 0.3) is 5.91 Å². The number of aromatic nitrogens is 3. The molecule has 1 aromatic carbocycles. The molecule has 0 radical (unpaired) electrons. The van der Waals surface area contributed by atoms with Gasteiger partial charge in [0.1, 0.15) is 18.7 Å². The molecule has 2 rings (SSSR count). The van der Waals surface area contributed by atoms with Gasteiger partial charge in [-0.3, -0.25) is 9.36 Å². The molecule has 110 valence electrons. The van der Waals surface area contributed by atoms with Crippen LogP contribution in [0.15, 0.2) is 36.9 Å². The standard InChI is InChI=1S/C14H16N4O3/c1-3-11(14(20)21)17(2)13(19)10-6-4-5-7-12(10)18-8-15-16-9-18/h4-9,11H,3H2,1-2H3,(H,20,21)/t11-/m1/s1. The molecule has 7 heteroatoms. The van der Waals surface area contributed by atoms with Crippen LogP contribution < -0.4 is 0 Å². The van der Waals surface area contributed by atoms with E-state index >= 15 is 0 Å². The van der Waals surface area contributed by atoms with Crippen molar-refractivity contribution in [3.63, 3.8) is 0 Å². The molecular formula is C14H16N4O3. The summed E-state index contributed by atoms with van der Waals surface area (Å²) in [6, 6.07) is 6.08. The fraction of sp³-hybridized carbons (Fsp3) is 0.286. The molecule has 1 heterocycles. The van der Waals surface area contributed by atoms with Crippen molar-refractivity contribution in [2.45, 2.75) is 19.4 Å². The van der Waals surface area contributed by atoms with E-state index in [1.807, 2.05) is 0 Å². The van der Waals surface area contributed by atoms with Crippen molar-refractivity contribution in [3.8, 4) is 5.69 Å². The zero-order chi connectivity index (χ0) is 15.4. The lowest BCUT2D eigenvalue weighted by Crippen LogP contribution is -2.42. The second-order valence-corrected chi connectivity index (χ2v) is 4.56.